The Labute approximate surface area is 169 Å². The van der Waals surface area contributed by atoms with Gasteiger partial charge in [-0.3, -0.25) is 0 Å². The van der Waals surface area contributed by atoms with E-state index in [1.165, 1.54) is 11.8 Å². The van der Waals surface area contributed by atoms with Crippen LogP contribution in [-0.2, 0) is 5.75 Å². The number of hydrogen-bond acceptors (Lipinski definition) is 9. The van der Waals surface area contributed by atoms with E-state index in [0.29, 0.717) is 33.5 Å². The molecule has 0 amide bonds. The summed E-state index contributed by atoms with van der Waals surface area (Å²) in [5, 5.41) is 8.80. The molecule has 3 heterocycles. The van der Waals surface area contributed by atoms with Crippen LogP contribution in [0.15, 0.2) is 35.5 Å². The zero-order valence-corrected chi connectivity index (χ0v) is 16.7. The van der Waals surface area contributed by atoms with Crippen LogP contribution in [0.25, 0.3) is 5.78 Å². The van der Waals surface area contributed by atoms with E-state index in [1.54, 1.807) is 16.6 Å². The fourth-order valence-corrected chi connectivity index (χ4v) is 3.36. The minimum Gasteiger partial charge on any atom is -0.368 e. The monoisotopic (exact) mass is 413 g/mol. The van der Waals surface area contributed by atoms with Crippen LogP contribution < -0.4 is 11.1 Å². The summed E-state index contributed by atoms with van der Waals surface area (Å²) < 4.78 is 1.71. The number of nitrogens with two attached hydrogens (primary N) is 1. The van der Waals surface area contributed by atoms with Crippen molar-refractivity contribution < 1.29 is 0 Å². The summed E-state index contributed by atoms with van der Waals surface area (Å²) >= 11 is 7.31. The van der Waals surface area contributed by atoms with Gasteiger partial charge in [0.05, 0.1) is 5.75 Å². The van der Waals surface area contributed by atoms with E-state index >= 15 is 0 Å². The fraction of sp³-hybridized carbons (Fsp3) is 0.176. The van der Waals surface area contributed by atoms with Gasteiger partial charge in [0.25, 0.3) is 5.78 Å². The lowest BCUT2D eigenvalue weighted by Gasteiger charge is -2.07. The van der Waals surface area contributed by atoms with Gasteiger partial charge in [0.1, 0.15) is 5.82 Å². The van der Waals surface area contributed by atoms with Crippen LogP contribution >= 0.6 is 23.4 Å². The maximum atomic E-state index is 5.90. The second kappa shape index (κ2) is 7.56. The number of thioether (sulfide) groups is 1. The number of aryl methyl sites for hydroxylation is 2. The van der Waals surface area contributed by atoms with Crippen LogP contribution in [0.1, 0.15) is 17.2 Å². The minimum atomic E-state index is 0.137. The number of aromatic nitrogens is 7. The van der Waals surface area contributed by atoms with Crippen LogP contribution in [0.3, 0.4) is 0 Å². The summed E-state index contributed by atoms with van der Waals surface area (Å²) in [6.45, 7) is 3.89. The average molecular weight is 414 g/mol. The van der Waals surface area contributed by atoms with E-state index < -0.39 is 0 Å². The Balaban J connectivity index is 1.51. The summed E-state index contributed by atoms with van der Waals surface area (Å²) in [5.41, 5.74) is 8.50. The average Bonchev–Trinajstić information content (AvgIpc) is 3.05. The summed E-state index contributed by atoms with van der Waals surface area (Å²) in [6.07, 6.45) is 0. The van der Waals surface area contributed by atoms with Crippen molar-refractivity contribution in [2.24, 2.45) is 0 Å². The van der Waals surface area contributed by atoms with Crippen molar-refractivity contribution in [3.05, 3.63) is 52.6 Å². The lowest BCUT2D eigenvalue weighted by atomic mass is 10.3. The Morgan fingerprint density at radius 1 is 1.07 bits per heavy atom. The molecule has 0 fully saturated rings. The predicted molar refractivity (Wildman–Crippen MR) is 109 cm³/mol. The molecular formula is C17H16ClN9S. The van der Waals surface area contributed by atoms with Crippen molar-refractivity contribution in [1.29, 1.82) is 0 Å². The summed E-state index contributed by atoms with van der Waals surface area (Å²) in [6, 6.07) is 9.16. The number of halogens is 1. The van der Waals surface area contributed by atoms with Crippen molar-refractivity contribution in [1.82, 2.24) is 34.5 Å². The van der Waals surface area contributed by atoms with E-state index in [-0.39, 0.29) is 5.95 Å². The second-order valence-electron chi connectivity index (χ2n) is 6.00. The van der Waals surface area contributed by atoms with Crippen LogP contribution in [-0.4, -0.2) is 34.5 Å². The molecule has 0 aliphatic carbocycles. The smallest absolute Gasteiger partial charge is 0.253 e. The molecule has 3 aromatic heterocycles. The first-order valence-corrected chi connectivity index (χ1v) is 9.69. The molecular weight excluding hydrogens is 398 g/mol. The van der Waals surface area contributed by atoms with Gasteiger partial charge in [-0.1, -0.05) is 23.4 Å². The van der Waals surface area contributed by atoms with Gasteiger partial charge in [0, 0.05) is 22.1 Å². The quantitative estimate of drug-likeness (QED) is 0.475. The molecule has 1 aromatic carbocycles. The van der Waals surface area contributed by atoms with Gasteiger partial charge in [0.15, 0.2) is 0 Å². The molecule has 4 rings (SSSR count). The van der Waals surface area contributed by atoms with Crippen molar-refractivity contribution in [2.45, 2.75) is 24.8 Å². The van der Waals surface area contributed by atoms with E-state index in [9.17, 15) is 0 Å². The zero-order chi connectivity index (χ0) is 19.7. The molecule has 9 nitrogen and oxygen atoms in total. The molecule has 0 atom stereocenters. The molecule has 4 aromatic rings. The molecule has 0 saturated heterocycles. The van der Waals surface area contributed by atoms with Crippen molar-refractivity contribution in [2.75, 3.05) is 11.1 Å². The number of fused-ring (bicyclic) bond motifs is 1. The first-order valence-electron chi connectivity index (χ1n) is 8.33. The van der Waals surface area contributed by atoms with Gasteiger partial charge in [-0.2, -0.15) is 19.9 Å². The van der Waals surface area contributed by atoms with Crippen molar-refractivity contribution >= 4 is 46.7 Å². The highest BCUT2D eigenvalue weighted by Crippen LogP contribution is 2.21. The van der Waals surface area contributed by atoms with Gasteiger partial charge in [-0.25, -0.2) is 9.50 Å². The number of anilines is 3. The van der Waals surface area contributed by atoms with Crippen LogP contribution in [0.5, 0.6) is 0 Å². The Morgan fingerprint density at radius 3 is 2.64 bits per heavy atom. The highest BCUT2D eigenvalue weighted by Gasteiger charge is 2.11. The van der Waals surface area contributed by atoms with Gasteiger partial charge < -0.3 is 11.1 Å². The number of benzene rings is 1. The maximum Gasteiger partial charge on any atom is 0.253 e. The van der Waals surface area contributed by atoms with E-state index in [1.807, 2.05) is 32.0 Å². The maximum absolute atomic E-state index is 5.90. The van der Waals surface area contributed by atoms with Crippen molar-refractivity contribution in [3.63, 3.8) is 0 Å². The Kier molecular flexibility index (Phi) is 4.97. The second-order valence-corrected chi connectivity index (χ2v) is 7.38. The number of nitrogens with one attached hydrogen (secondary N) is 1. The molecule has 0 bridgehead atoms. The molecule has 3 N–H and O–H groups in total. The highest BCUT2D eigenvalue weighted by atomic mass is 35.5. The molecule has 0 aliphatic rings. The van der Waals surface area contributed by atoms with Gasteiger partial charge in [0.2, 0.25) is 17.1 Å². The lowest BCUT2D eigenvalue weighted by molar-refractivity contribution is 0.842. The van der Waals surface area contributed by atoms with Crippen LogP contribution in [0, 0.1) is 13.8 Å². The number of nitrogen functional groups attached to an aromatic ring is 1. The van der Waals surface area contributed by atoms with Gasteiger partial charge >= 0.3 is 0 Å². The fourth-order valence-electron chi connectivity index (χ4n) is 2.56. The minimum absolute atomic E-state index is 0.137. The zero-order valence-electron chi connectivity index (χ0n) is 15.1. The topological polar surface area (TPSA) is 120 Å². The van der Waals surface area contributed by atoms with Crippen LogP contribution in [0.4, 0.5) is 17.6 Å². The molecule has 11 heteroatoms. The first-order chi connectivity index (χ1) is 13.5. The number of rotatable bonds is 5. The Morgan fingerprint density at radius 2 is 1.86 bits per heavy atom. The number of nitrogens with zero attached hydrogens (tertiary/aromatic N) is 7. The molecule has 0 saturated carbocycles. The molecule has 28 heavy (non-hydrogen) atoms. The molecule has 0 aliphatic heterocycles. The summed E-state index contributed by atoms with van der Waals surface area (Å²) in [7, 11) is 0. The predicted octanol–water partition coefficient (Wildman–Crippen LogP) is 3.20. The van der Waals surface area contributed by atoms with Crippen molar-refractivity contribution in [3.8, 4) is 0 Å². The molecule has 142 valence electrons. The van der Waals surface area contributed by atoms with E-state index in [2.05, 4.69) is 35.3 Å². The third-order valence-corrected chi connectivity index (χ3v) is 4.81. The molecule has 0 radical (unpaired) electrons. The molecule has 0 spiro atoms. The SMILES string of the molecule is Cc1cc(C)n2nc(SCc3nc(N)nc(Nc4ccc(Cl)cc4)n3)nc2n1. The standard InChI is InChI=1S/C17H16ClN9S/c1-9-7-10(2)27-16(20-9)25-17(26-27)28-8-13-22-14(19)24-15(23-13)21-12-5-3-11(18)4-6-12/h3-7H,8H2,1-2H3,(H3,19,21,22,23,24). The summed E-state index contributed by atoms with van der Waals surface area (Å²) in [5.74, 6) is 2.03. The lowest BCUT2D eigenvalue weighted by Crippen LogP contribution is -2.06. The van der Waals surface area contributed by atoms with E-state index in [0.717, 1.165) is 17.1 Å². The van der Waals surface area contributed by atoms with Gasteiger partial charge in [-0.15, -0.1) is 5.10 Å². The normalized spacial score (nSPS) is 11.1. The summed E-state index contributed by atoms with van der Waals surface area (Å²) in [4.78, 5) is 21.5. The highest BCUT2D eigenvalue weighted by molar-refractivity contribution is 7.98. The third kappa shape index (κ3) is 4.12. The van der Waals surface area contributed by atoms with E-state index in [4.69, 9.17) is 17.3 Å². The third-order valence-electron chi connectivity index (χ3n) is 3.73. The number of hydrogen-bond donors (Lipinski definition) is 2. The molecule has 0 unspecified atom stereocenters. The largest absolute Gasteiger partial charge is 0.368 e. The Hall–Kier alpha value is -2.98. The first kappa shape index (κ1) is 18.4. The Bertz CT molecular complexity index is 1140. The van der Waals surface area contributed by atoms with Gasteiger partial charge in [-0.05, 0) is 44.2 Å². The van der Waals surface area contributed by atoms with Crippen LogP contribution in [0.2, 0.25) is 5.02 Å².